The lowest BCUT2D eigenvalue weighted by Crippen LogP contribution is -2.37. The highest BCUT2D eigenvalue weighted by Crippen LogP contribution is 2.69. The van der Waals surface area contributed by atoms with Crippen LogP contribution in [0.15, 0.2) is 54.9 Å². The van der Waals surface area contributed by atoms with Crippen molar-refractivity contribution >= 4 is 44.3 Å². The number of aryl methyl sites for hydroxylation is 2. The minimum Gasteiger partial charge on any atom is -0.368 e. The zero-order chi connectivity index (χ0) is 41.1. The molecule has 12 nitrogen and oxygen atoms in total. The van der Waals surface area contributed by atoms with Crippen LogP contribution in [0.5, 0.6) is 0 Å². The summed E-state index contributed by atoms with van der Waals surface area (Å²) < 4.78 is 135. The van der Waals surface area contributed by atoms with Gasteiger partial charge in [0, 0.05) is 60.4 Å². The molecule has 1 amide bonds. The Balaban J connectivity index is 1.45. The van der Waals surface area contributed by atoms with Crippen LogP contribution in [0, 0.1) is 17.6 Å². The van der Waals surface area contributed by atoms with Crippen LogP contribution in [-0.4, -0.2) is 54.9 Å². The number of rotatable bonds is 10. The molecule has 4 heterocycles. The number of fused-ring (bicyclic) bond motifs is 4. The van der Waals surface area contributed by atoms with E-state index in [0.717, 1.165) is 18.4 Å². The lowest BCUT2D eigenvalue weighted by Gasteiger charge is -2.30. The SMILES string of the molecule is Cn1cc(-c2ccc(-c3ccc(Cl)c4c(NS(C)(=O)=O)nn(C)c34)c([C@@H](Cc3cc(F)cc(F)c3)C(C(N)=O)n3nc(C(F)(F)F)c4c3C(F)(F)[C@@H]3C[C@H]43)n2)cn1. The molecular weight excluding hydrogens is 807 g/mol. The minimum atomic E-state index is -5.21. The normalized spacial score (nSPS) is 18.4. The Labute approximate surface area is 323 Å². The number of nitrogens with zero attached hydrogens (tertiary/aromatic N) is 7. The third-order valence-electron chi connectivity index (χ3n) is 10.3. The average molecular weight is 836 g/mol. The summed E-state index contributed by atoms with van der Waals surface area (Å²) in [6.07, 6.45) is -2.09. The number of carbonyl (C=O) groups excluding carboxylic acids is 1. The Morgan fingerprint density at radius 3 is 2.37 bits per heavy atom. The van der Waals surface area contributed by atoms with E-state index in [1.54, 1.807) is 19.3 Å². The van der Waals surface area contributed by atoms with Gasteiger partial charge in [0.05, 0.1) is 39.8 Å². The van der Waals surface area contributed by atoms with Gasteiger partial charge in [0.1, 0.15) is 23.4 Å². The number of aromatic nitrogens is 7. The summed E-state index contributed by atoms with van der Waals surface area (Å²) in [6, 6.07) is 6.26. The van der Waals surface area contributed by atoms with Crippen molar-refractivity contribution in [3.63, 3.8) is 0 Å². The summed E-state index contributed by atoms with van der Waals surface area (Å²) in [4.78, 5) is 18.7. The highest BCUT2D eigenvalue weighted by Gasteiger charge is 2.69. The number of amides is 1. The number of primary amides is 1. The molecule has 1 unspecified atom stereocenters. The number of anilines is 1. The van der Waals surface area contributed by atoms with Crippen LogP contribution in [0.1, 0.15) is 52.5 Å². The van der Waals surface area contributed by atoms with Gasteiger partial charge in [-0.15, -0.1) is 0 Å². The molecule has 0 aliphatic heterocycles. The second-order valence-corrected chi connectivity index (χ2v) is 16.4. The number of nitrogens with two attached hydrogens (primary N) is 1. The van der Waals surface area contributed by atoms with Crippen molar-refractivity contribution in [2.45, 2.75) is 42.8 Å². The van der Waals surface area contributed by atoms with Gasteiger partial charge in [0.15, 0.2) is 11.5 Å². The Hall–Kier alpha value is -5.50. The van der Waals surface area contributed by atoms with Gasteiger partial charge in [-0.2, -0.15) is 37.2 Å². The van der Waals surface area contributed by atoms with Gasteiger partial charge in [-0.1, -0.05) is 23.7 Å². The average Bonchev–Trinajstić information content (AvgIpc) is 3.31. The molecule has 21 heteroatoms. The van der Waals surface area contributed by atoms with Crippen LogP contribution < -0.4 is 10.5 Å². The summed E-state index contributed by atoms with van der Waals surface area (Å²) in [5.74, 6) is -11.8. The number of nitrogens with one attached hydrogen (secondary N) is 1. The maximum absolute atomic E-state index is 16.1. The number of hydrogen-bond donors (Lipinski definition) is 2. The van der Waals surface area contributed by atoms with Crippen LogP contribution in [0.3, 0.4) is 0 Å². The van der Waals surface area contributed by atoms with Crippen molar-refractivity contribution in [1.82, 2.24) is 34.3 Å². The molecule has 1 fully saturated rings. The molecular formula is C36H29ClF7N9O3S. The molecule has 4 atom stereocenters. The van der Waals surface area contributed by atoms with Crippen molar-refractivity contribution in [2.75, 3.05) is 11.0 Å². The summed E-state index contributed by atoms with van der Waals surface area (Å²) in [5, 5.41) is 12.3. The molecule has 0 spiro atoms. The van der Waals surface area contributed by atoms with Crippen molar-refractivity contribution < 1.29 is 43.9 Å². The zero-order valence-corrected chi connectivity index (χ0v) is 31.4. The molecule has 2 aliphatic carbocycles. The molecule has 6 aromatic rings. The number of carbonyl (C=O) groups is 1. The molecule has 2 aromatic carbocycles. The number of pyridine rings is 1. The predicted molar refractivity (Wildman–Crippen MR) is 193 cm³/mol. The number of halogens is 8. The van der Waals surface area contributed by atoms with E-state index in [1.165, 1.54) is 40.8 Å². The third kappa shape index (κ3) is 6.57. The van der Waals surface area contributed by atoms with Crippen LogP contribution in [-0.2, 0) is 47.4 Å². The first-order chi connectivity index (χ1) is 26.6. The van der Waals surface area contributed by atoms with Crippen LogP contribution >= 0.6 is 11.6 Å². The second kappa shape index (κ2) is 13.0. The summed E-state index contributed by atoms with van der Waals surface area (Å²) >= 11 is 6.60. The maximum atomic E-state index is 16.1. The van der Waals surface area contributed by atoms with E-state index in [4.69, 9.17) is 22.3 Å². The van der Waals surface area contributed by atoms with E-state index in [9.17, 15) is 35.2 Å². The van der Waals surface area contributed by atoms with Crippen molar-refractivity contribution in [2.24, 2.45) is 25.7 Å². The number of sulfonamides is 1. The van der Waals surface area contributed by atoms with Gasteiger partial charge in [-0.3, -0.25) is 23.9 Å². The Morgan fingerprint density at radius 2 is 1.75 bits per heavy atom. The molecule has 0 radical (unpaired) electrons. The first-order valence-electron chi connectivity index (χ1n) is 17.1. The van der Waals surface area contributed by atoms with Crippen molar-refractivity contribution in [1.29, 1.82) is 0 Å². The van der Waals surface area contributed by atoms with Gasteiger partial charge >= 0.3 is 6.18 Å². The summed E-state index contributed by atoms with van der Waals surface area (Å²) in [5.41, 5.74) is 3.45. The lowest BCUT2D eigenvalue weighted by molar-refractivity contribution is -0.142. The molecule has 57 heavy (non-hydrogen) atoms. The number of alkyl halides is 5. The first kappa shape index (κ1) is 38.4. The predicted octanol–water partition coefficient (Wildman–Crippen LogP) is 6.82. The molecule has 1 saturated carbocycles. The Kier molecular flexibility index (Phi) is 8.76. The largest absolute Gasteiger partial charge is 0.435 e. The van der Waals surface area contributed by atoms with Gasteiger partial charge in [0.25, 0.3) is 5.92 Å². The minimum absolute atomic E-state index is 0.0591. The zero-order valence-electron chi connectivity index (χ0n) is 29.8. The fraction of sp³-hybridized carbons (Fsp3) is 0.306. The molecule has 2 aliphatic rings. The van der Waals surface area contributed by atoms with E-state index >= 15 is 8.78 Å². The fourth-order valence-electron chi connectivity index (χ4n) is 8.00. The monoisotopic (exact) mass is 835 g/mol. The molecule has 0 bridgehead atoms. The fourth-order valence-corrected chi connectivity index (χ4v) is 8.74. The summed E-state index contributed by atoms with van der Waals surface area (Å²) in [7, 11) is -0.789. The highest BCUT2D eigenvalue weighted by molar-refractivity contribution is 7.92. The first-order valence-corrected chi connectivity index (χ1v) is 19.4. The quantitative estimate of drug-likeness (QED) is 0.144. The van der Waals surface area contributed by atoms with Gasteiger partial charge < -0.3 is 5.73 Å². The standard InChI is InChI=1S/C36H29ClF7N9O3S/c1-51-14-16(13-46-51)25-7-5-19(20-4-6-24(37)27-29(20)52(2)49-34(27)50-57(3,55)56)28(47-25)22(10-15-8-17(38)11-18(39)9-15)30(33(45)54)53-32-26(31(48-53)36(42,43)44)21-12-23(21)35(32,40)41/h4-9,11,13-14,21-23,30H,10,12H2,1-3H3,(H2,45,54)(H,49,50)/t21-,22+,23+,30?/m0/s1. The van der Waals surface area contributed by atoms with Gasteiger partial charge in [0.2, 0.25) is 15.9 Å². The third-order valence-corrected chi connectivity index (χ3v) is 11.1. The van der Waals surface area contributed by atoms with Gasteiger partial charge in [-0.05, 0) is 48.6 Å². The Morgan fingerprint density at radius 1 is 1.07 bits per heavy atom. The van der Waals surface area contributed by atoms with Crippen molar-refractivity contribution in [3.05, 3.63) is 99.7 Å². The van der Waals surface area contributed by atoms with E-state index in [2.05, 4.69) is 20.0 Å². The maximum Gasteiger partial charge on any atom is 0.435 e. The Bertz CT molecular complexity index is 2740. The highest BCUT2D eigenvalue weighted by atomic mass is 35.5. The van der Waals surface area contributed by atoms with Crippen LogP contribution in [0.2, 0.25) is 5.02 Å². The van der Waals surface area contributed by atoms with E-state index in [-0.39, 0.29) is 56.2 Å². The van der Waals surface area contributed by atoms with Crippen LogP contribution in [0.4, 0.5) is 36.6 Å². The van der Waals surface area contributed by atoms with E-state index in [1.807, 2.05) is 0 Å². The smallest absolute Gasteiger partial charge is 0.368 e. The number of hydrogen-bond acceptors (Lipinski definition) is 7. The molecule has 4 aromatic heterocycles. The topological polar surface area (TPSA) is 156 Å². The molecule has 0 saturated heterocycles. The molecule has 8 rings (SSSR count). The van der Waals surface area contributed by atoms with E-state index in [0.29, 0.717) is 16.3 Å². The van der Waals surface area contributed by atoms with Crippen molar-refractivity contribution in [3.8, 4) is 22.4 Å². The lowest BCUT2D eigenvalue weighted by atomic mass is 9.83. The summed E-state index contributed by atoms with van der Waals surface area (Å²) in [6.45, 7) is 0. The molecule has 298 valence electrons. The molecule has 3 N–H and O–H groups in total. The van der Waals surface area contributed by atoms with Crippen LogP contribution in [0.25, 0.3) is 33.3 Å². The number of benzene rings is 2. The second-order valence-electron chi connectivity index (χ2n) is 14.3. The van der Waals surface area contributed by atoms with Gasteiger partial charge in [-0.25, -0.2) is 21.9 Å². The van der Waals surface area contributed by atoms with E-state index < -0.39 is 86.8 Å².